The van der Waals surface area contributed by atoms with Crippen LogP contribution in [0.1, 0.15) is 25.7 Å². The normalized spacial score (nSPS) is 21.5. The molecule has 1 saturated carbocycles. The summed E-state index contributed by atoms with van der Waals surface area (Å²) in [4.78, 5) is 15.5. The molecule has 2 aliphatic heterocycles. The highest BCUT2D eigenvalue weighted by molar-refractivity contribution is 7.80. The van der Waals surface area contributed by atoms with Crippen LogP contribution in [0.4, 0.5) is 20.6 Å². The minimum atomic E-state index is -0.472. The predicted molar refractivity (Wildman–Crippen MR) is 113 cm³/mol. The van der Waals surface area contributed by atoms with Gasteiger partial charge in [0.1, 0.15) is 18.3 Å². The third-order valence-electron chi connectivity index (χ3n) is 5.44. The molecule has 1 aliphatic carbocycles. The number of anilines is 2. The number of thiocarbonyl (C=S) groups is 1. The van der Waals surface area contributed by atoms with E-state index >= 15 is 0 Å². The fraction of sp³-hybridized carbons (Fsp3) is 0.550. The molecule has 1 atom stereocenters. The third-order valence-corrected chi connectivity index (χ3v) is 5.81. The number of carbonyl (C=O) groups is 1. The predicted octanol–water partition coefficient (Wildman–Crippen LogP) is 3.38. The molecule has 0 unspecified atom stereocenters. The first-order valence-corrected chi connectivity index (χ1v) is 10.3. The van der Waals surface area contributed by atoms with Crippen molar-refractivity contribution in [3.05, 3.63) is 24.0 Å². The number of nitrogens with zero attached hydrogens (tertiary/aromatic N) is 4. The van der Waals surface area contributed by atoms with Gasteiger partial charge >= 0.3 is 6.09 Å². The van der Waals surface area contributed by atoms with E-state index in [0.29, 0.717) is 42.4 Å². The minimum absolute atomic E-state index is 0.287. The molecule has 1 amide bonds. The number of hydrogen-bond acceptors (Lipinski definition) is 7. The number of cyclic esters (lactones) is 1. The van der Waals surface area contributed by atoms with Gasteiger partial charge in [-0.3, -0.25) is 9.91 Å². The standard InChI is InChI=1S/C20H25FN4O3S/c1-27-19(29)7-5-16-12-25(20(26)28-16)15-4-6-18(17(21)10-15)23-8-9-24(22-13-23)11-14-2-3-14/h4,6,10,13-14,16H,2-3,5,7-9,11-12H2,1H3/t16-/m0/s1. The van der Waals surface area contributed by atoms with Crippen LogP contribution in [0.5, 0.6) is 0 Å². The van der Waals surface area contributed by atoms with Crippen molar-refractivity contribution in [3.8, 4) is 0 Å². The van der Waals surface area contributed by atoms with Gasteiger partial charge in [-0.25, -0.2) is 9.18 Å². The van der Waals surface area contributed by atoms with E-state index in [0.717, 1.165) is 19.0 Å². The lowest BCUT2D eigenvalue weighted by Gasteiger charge is -2.30. The molecule has 0 bridgehead atoms. The Morgan fingerprint density at radius 1 is 1.38 bits per heavy atom. The second-order valence-corrected chi connectivity index (χ2v) is 8.10. The lowest BCUT2D eigenvalue weighted by molar-refractivity contribution is 0.137. The number of hydrogen-bond donors (Lipinski definition) is 0. The maximum absolute atomic E-state index is 14.8. The van der Waals surface area contributed by atoms with E-state index in [2.05, 4.69) is 10.1 Å². The molecular weight excluding hydrogens is 395 g/mol. The first-order valence-electron chi connectivity index (χ1n) is 9.93. The highest BCUT2D eigenvalue weighted by atomic mass is 32.1. The molecule has 0 spiro atoms. The Labute approximate surface area is 175 Å². The number of ether oxygens (including phenoxy) is 2. The van der Waals surface area contributed by atoms with Gasteiger partial charge in [0.25, 0.3) is 0 Å². The average molecular weight is 421 g/mol. The smallest absolute Gasteiger partial charge is 0.414 e. The Balaban J connectivity index is 1.38. The molecule has 2 fully saturated rings. The second kappa shape index (κ2) is 8.52. The van der Waals surface area contributed by atoms with Gasteiger partial charge in [0, 0.05) is 19.5 Å². The van der Waals surface area contributed by atoms with Gasteiger partial charge in [-0.05, 0) is 55.6 Å². The number of carbonyl (C=O) groups excluding carboxylic acids is 1. The summed E-state index contributed by atoms with van der Waals surface area (Å²) >= 11 is 5.02. The second-order valence-electron chi connectivity index (χ2n) is 7.65. The Morgan fingerprint density at radius 2 is 2.21 bits per heavy atom. The molecule has 4 rings (SSSR count). The summed E-state index contributed by atoms with van der Waals surface area (Å²) < 4.78 is 25.1. The first kappa shape index (κ1) is 19.9. The van der Waals surface area contributed by atoms with Gasteiger partial charge in [0.15, 0.2) is 5.05 Å². The lowest BCUT2D eigenvalue weighted by Crippen LogP contribution is -2.39. The van der Waals surface area contributed by atoms with Gasteiger partial charge in [-0.15, -0.1) is 0 Å². The van der Waals surface area contributed by atoms with E-state index in [1.807, 2.05) is 0 Å². The van der Waals surface area contributed by atoms with Crippen LogP contribution in [0.2, 0.25) is 0 Å². The number of amides is 1. The van der Waals surface area contributed by atoms with Crippen LogP contribution in [-0.2, 0) is 9.47 Å². The molecule has 0 N–H and O–H groups in total. The zero-order chi connectivity index (χ0) is 20.4. The Morgan fingerprint density at radius 3 is 2.86 bits per heavy atom. The average Bonchev–Trinajstić information content (AvgIpc) is 3.46. The molecular formula is C20H25FN4O3S. The molecule has 7 nitrogen and oxygen atoms in total. The van der Waals surface area contributed by atoms with E-state index in [-0.39, 0.29) is 11.9 Å². The van der Waals surface area contributed by atoms with E-state index in [1.54, 1.807) is 23.4 Å². The van der Waals surface area contributed by atoms with E-state index in [4.69, 9.17) is 21.7 Å². The summed E-state index contributed by atoms with van der Waals surface area (Å²) in [5.74, 6) is 0.380. The summed E-state index contributed by atoms with van der Waals surface area (Å²) in [6.45, 7) is 2.81. The zero-order valence-corrected chi connectivity index (χ0v) is 17.2. The molecule has 3 aliphatic rings. The number of methoxy groups -OCH3 is 1. The molecule has 1 saturated heterocycles. The van der Waals surface area contributed by atoms with E-state index in [1.165, 1.54) is 30.9 Å². The highest BCUT2D eigenvalue weighted by Crippen LogP contribution is 2.31. The molecule has 0 radical (unpaired) electrons. The van der Waals surface area contributed by atoms with Crippen molar-refractivity contribution in [2.45, 2.75) is 31.8 Å². The van der Waals surface area contributed by atoms with Crippen LogP contribution < -0.4 is 9.80 Å². The van der Waals surface area contributed by atoms with Crippen LogP contribution >= 0.6 is 12.2 Å². The van der Waals surface area contributed by atoms with Crippen molar-refractivity contribution >= 4 is 41.1 Å². The largest absolute Gasteiger partial charge is 0.490 e. The van der Waals surface area contributed by atoms with Crippen LogP contribution in [0.3, 0.4) is 0 Å². The zero-order valence-electron chi connectivity index (χ0n) is 16.4. The van der Waals surface area contributed by atoms with Crippen LogP contribution in [0.15, 0.2) is 23.3 Å². The molecule has 9 heteroatoms. The van der Waals surface area contributed by atoms with Crippen molar-refractivity contribution in [2.24, 2.45) is 11.0 Å². The molecule has 156 valence electrons. The molecule has 1 aromatic carbocycles. The number of hydrazone groups is 1. The van der Waals surface area contributed by atoms with Gasteiger partial charge in [0.2, 0.25) is 0 Å². The van der Waals surface area contributed by atoms with Gasteiger partial charge < -0.3 is 14.4 Å². The molecule has 2 heterocycles. The van der Waals surface area contributed by atoms with Crippen molar-refractivity contribution in [1.29, 1.82) is 0 Å². The van der Waals surface area contributed by atoms with E-state index < -0.39 is 6.09 Å². The number of benzene rings is 1. The van der Waals surface area contributed by atoms with Crippen LogP contribution in [-0.4, -0.2) is 61.9 Å². The monoisotopic (exact) mass is 420 g/mol. The van der Waals surface area contributed by atoms with Gasteiger partial charge in [-0.2, -0.15) is 5.10 Å². The Bertz CT molecular complexity index is 817. The SMILES string of the molecule is COC(=S)CC[C@H]1CN(c2ccc(N3C=NN(CC4CC4)CC3)c(F)c2)C(=O)O1. The van der Waals surface area contributed by atoms with Crippen molar-refractivity contribution in [2.75, 3.05) is 43.1 Å². The maximum Gasteiger partial charge on any atom is 0.414 e. The van der Waals surface area contributed by atoms with Gasteiger partial charge in [0.05, 0.1) is 31.6 Å². The van der Waals surface area contributed by atoms with Crippen molar-refractivity contribution < 1.29 is 18.7 Å². The quantitative estimate of drug-likeness (QED) is 0.631. The number of halogens is 1. The molecule has 1 aromatic rings. The maximum atomic E-state index is 14.8. The van der Waals surface area contributed by atoms with Gasteiger partial charge in [-0.1, -0.05) is 0 Å². The summed E-state index contributed by atoms with van der Waals surface area (Å²) in [6, 6.07) is 4.81. The summed E-state index contributed by atoms with van der Waals surface area (Å²) in [6.07, 6.45) is 4.61. The fourth-order valence-electron chi connectivity index (χ4n) is 3.55. The third kappa shape index (κ3) is 4.77. The lowest BCUT2D eigenvalue weighted by atomic mass is 10.2. The summed E-state index contributed by atoms with van der Waals surface area (Å²) in [7, 11) is 1.53. The summed E-state index contributed by atoms with van der Waals surface area (Å²) in [5, 5.41) is 6.97. The summed E-state index contributed by atoms with van der Waals surface area (Å²) in [5.41, 5.74) is 0.940. The Kier molecular flexibility index (Phi) is 5.84. The fourth-order valence-corrected chi connectivity index (χ4v) is 3.67. The Hall–Kier alpha value is -2.42. The molecule has 0 aromatic heterocycles. The topological polar surface area (TPSA) is 57.6 Å². The van der Waals surface area contributed by atoms with Crippen LogP contribution in [0.25, 0.3) is 0 Å². The number of rotatable bonds is 7. The van der Waals surface area contributed by atoms with Crippen LogP contribution in [0, 0.1) is 11.7 Å². The highest BCUT2D eigenvalue weighted by Gasteiger charge is 2.33. The van der Waals surface area contributed by atoms with Crippen molar-refractivity contribution in [3.63, 3.8) is 0 Å². The van der Waals surface area contributed by atoms with E-state index in [9.17, 15) is 9.18 Å². The molecule has 29 heavy (non-hydrogen) atoms. The van der Waals surface area contributed by atoms with Crippen molar-refractivity contribution in [1.82, 2.24) is 5.01 Å². The first-order chi connectivity index (χ1) is 14.0. The minimum Gasteiger partial charge on any atom is -0.490 e.